The van der Waals surface area contributed by atoms with Crippen LogP contribution in [0.2, 0.25) is 0 Å². The Kier molecular flexibility index (Phi) is 4.19. The highest BCUT2D eigenvalue weighted by molar-refractivity contribution is 5.90. The van der Waals surface area contributed by atoms with Crippen molar-refractivity contribution in [2.75, 3.05) is 25.5 Å². The Labute approximate surface area is 113 Å². The Morgan fingerprint density at radius 2 is 2.11 bits per heavy atom. The van der Waals surface area contributed by atoms with Gasteiger partial charge in [-0.3, -0.25) is 0 Å². The third-order valence-corrected chi connectivity index (χ3v) is 3.27. The summed E-state index contributed by atoms with van der Waals surface area (Å²) in [7, 11) is 1.52. The topological polar surface area (TPSA) is 67.4 Å². The van der Waals surface area contributed by atoms with Crippen LogP contribution in [0.1, 0.15) is 20.3 Å². The SMILES string of the molecule is COc1ncncc1NC(=O)N1C[C@H](C)C[C@@H](C)C1. The quantitative estimate of drug-likeness (QED) is 0.887. The van der Waals surface area contributed by atoms with E-state index in [1.54, 1.807) is 6.20 Å². The molecule has 19 heavy (non-hydrogen) atoms. The maximum Gasteiger partial charge on any atom is 0.322 e. The molecule has 104 valence electrons. The molecule has 0 radical (unpaired) electrons. The number of hydrogen-bond donors (Lipinski definition) is 1. The molecule has 0 spiro atoms. The monoisotopic (exact) mass is 264 g/mol. The minimum Gasteiger partial charge on any atom is -0.479 e. The zero-order valence-electron chi connectivity index (χ0n) is 11.6. The average Bonchev–Trinajstić information content (AvgIpc) is 2.38. The second kappa shape index (κ2) is 5.86. The number of methoxy groups -OCH3 is 1. The van der Waals surface area contributed by atoms with Gasteiger partial charge in [-0.25, -0.2) is 9.78 Å². The Hall–Kier alpha value is -1.85. The summed E-state index contributed by atoms with van der Waals surface area (Å²) in [5.74, 6) is 1.44. The third-order valence-electron chi connectivity index (χ3n) is 3.27. The van der Waals surface area contributed by atoms with Gasteiger partial charge in [0.05, 0.1) is 13.3 Å². The number of amides is 2. The van der Waals surface area contributed by atoms with Gasteiger partial charge in [0.25, 0.3) is 0 Å². The van der Waals surface area contributed by atoms with E-state index in [0.717, 1.165) is 13.1 Å². The number of hydrogen-bond acceptors (Lipinski definition) is 4. The fourth-order valence-corrected chi connectivity index (χ4v) is 2.59. The highest BCUT2D eigenvalue weighted by Crippen LogP contribution is 2.23. The molecule has 2 amide bonds. The molecule has 1 aromatic heterocycles. The summed E-state index contributed by atoms with van der Waals surface area (Å²) in [6.45, 7) is 5.91. The Bertz CT molecular complexity index is 442. The molecule has 2 rings (SSSR count). The first-order valence-corrected chi connectivity index (χ1v) is 6.50. The summed E-state index contributed by atoms with van der Waals surface area (Å²) in [5.41, 5.74) is 0.501. The zero-order chi connectivity index (χ0) is 13.8. The number of urea groups is 1. The summed E-state index contributed by atoms with van der Waals surface area (Å²) in [6.07, 6.45) is 4.10. The van der Waals surface area contributed by atoms with Crippen molar-refractivity contribution in [3.63, 3.8) is 0 Å². The predicted molar refractivity (Wildman–Crippen MR) is 72.1 cm³/mol. The molecule has 6 heteroatoms. The zero-order valence-corrected chi connectivity index (χ0v) is 11.6. The first-order chi connectivity index (χ1) is 9.10. The summed E-state index contributed by atoms with van der Waals surface area (Å²) in [5, 5.41) is 2.81. The van der Waals surface area contributed by atoms with Crippen LogP contribution < -0.4 is 10.1 Å². The number of piperidine rings is 1. The number of carbonyl (C=O) groups is 1. The van der Waals surface area contributed by atoms with Crippen LogP contribution in [0.5, 0.6) is 5.88 Å². The van der Waals surface area contributed by atoms with Gasteiger partial charge in [-0.15, -0.1) is 0 Å². The van der Waals surface area contributed by atoms with E-state index < -0.39 is 0 Å². The van der Waals surface area contributed by atoms with Crippen molar-refractivity contribution in [2.24, 2.45) is 11.8 Å². The van der Waals surface area contributed by atoms with Crippen LogP contribution in [0.15, 0.2) is 12.5 Å². The molecule has 1 saturated heterocycles. The van der Waals surface area contributed by atoms with E-state index in [4.69, 9.17) is 4.74 Å². The molecular weight excluding hydrogens is 244 g/mol. The second-order valence-electron chi connectivity index (χ2n) is 5.23. The van der Waals surface area contributed by atoms with E-state index in [0.29, 0.717) is 23.4 Å². The first kappa shape index (κ1) is 13.6. The average molecular weight is 264 g/mol. The van der Waals surface area contributed by atoms with Gasteiger partial charge in [0.15, 0.2) is 0 Å². The van der Waals surface area contributed by atoms with E-state index in [1.807, 2.05) is 4.90 Å². The molecule has 1 aliphatic heterocycles. The number of likely N-dealkylation sites (tertiary alicyclic amines) is 1. The number of nitrogens with zero attached hydrogens (tertiary/aromatic N) is 3. The van der Waals surface area contributed by atoms with Gasteiger partial charge in [-0.1, -0.05) is 13.8 Å². The van der Waals surface area contributed by atoms with Crippen molar-refractivity contribution in [1.29, 1.82) is 0 Å². The van der Waals surface area contributed by atoms with E-state index in [2.05, 4.69) is 29.1 Å². The van der Waals surface area contributed by atoms with Crippen molar-refractivity contribution in [1.82, 2.24) is 14.9 Å². The Balaban J connectivity index is 2.04. The Morgan fingerprint density at radius 3 is 2.74 bits per heavy atom. The van der Waals surface area contributed by atoms with Crippen molar-refractivity contribution in [2.45, 2.75) is 20.3 Å². The largest absolute Gasteiger partial charge is 0.479 e. The van der Waals surface area contributed by atoms with Gasteiger partial charge in [-0.05, 0) is 18.3 Å². The molecule has 1 aliphatic rings. The minimum atomic E-state index is -0.119. The number of ether oxygens (including phenoxy) is 1. The highest BCUT2D eigenvalue weighted by Gasteiger charge is 2.25. The Morgan fingerprint density at radius 1 is 1.42 bits per heavy atom. The van der Waals surface area contributed by atoms with E-state index in [-0.39, 0.29) is 6.03 Å². The molecule has 2 heterocycles. The van der Waals surface area contributed by atoms with Gasteiger partial charge in [0.2, 0.25) is 5.88 Å². The van der Waals surface area contributed by atoms with Crippen LogP contribution in [0.4, 0.5) is 10.5 Å². The van der Waals surface area contributed by atoms with Crippen LogP contribution in [0.3, 0.4) is 0 Å². The molecule has 0 aromatic carbocycles. The number of aromatic nitrogens is 2. The smallest absolute Gasteiger partial charge is 0.322 e. The van der Waals surface area contributed by atoms with Gasteiger partial charge >= 0.3 is 6.03 Å². The standard InChI is InChI=1S/C13H20N4O2/c1-9-4-10(2)7-17(6-9)13(18)16-11-5-14-8-15-12(11)19-3/h5,8-10H,4,6-7H2,1-3H3,(H,16,18)/t9-,10-/m1/s1. The van der Waals surface area contributed by atoms with Crippen LogP contribution in [-0.4, -0.2) is 41.1 Å². The fraction of sp³-hybridized carbons (Fsp3) is 0.615. The molecule has 0 bridgehead atoms. The van der Waals surface area contributed by atoms with Gasteiger partial charge in [0.1, 0.15) is 12.0 Å². The lowest BCUT2D eigenvalue weighted by atomic mass is 9.92. The van der Waals surface area contributed by atoms with Crippen LogP contribution in [0.25, 0.3) is 0 Å². The lowest BCUT2D eigenvalue weighted by Crippen LogP contribution is -2.44. The molecule has 6 nitrogen and oxygen atoms in total. The molecule has 1 aromatic rings. The maximum absolute atomic E-state index is 12.2. The summed E-state index contributed by atoms with van der Waals surface area (Å²) in [4.78, 5) is 21.9. The molecule has 0 saturated carbocycles. The van der Waals surface area contributed by atoms with Crippen LogP contribution in [0, 0.1) is 11.8 Å². The molecular formula is C13H20N4O2. The summed E-state index contributed by atoms with van der Waals surface area (Å²) in [6, 6.07) is -0.119. The highest BCUT2D eigenvalue weighted by atomic mass is 16.5. The van der Waals surface area contributed by atoms with Crippen molar-refractivity contribution in [3.05, 3.63) is 12.5 Å². The number of carbonyl (C=O) groups excluding carboxylic acids is 1. The van der Waals surface area contributed by atoms with E-state index >= 15 is 0 Å². The first-order valence-electron chi connectivity index (χ1n) is 6.50. The molecule has 0 unspecified atom stereocenters. The number of nitrogens with one attached hydrogen (secondary N) is 1. The predicted octanol–water partition coefficient (Wildman–Crippen LogP) is 1.99. The lowest BCUT2D eigenvalue weighted by molar-refractivity contribution is 0.156. The number of anilines is 1. The summed E-state index contributed by atoms with van der Waals surface area (Å²) >= 11 is 0. The van der Waals surface area contributed by atoms with E-state index in [1.165, 1.54) is 19.9 Å². The van der Waals surface area contributed by atoms with Crippen LogP contribution in [-0.2, 0) is 0 Å². The molecule has 0 aliphatic carbocycles. The molecule has 2 atom stereocenters. The maximum atomic E-state index is 12.2. The lowest BCUT2D eigenvalue weighted by Gasteiger charge is -2.34. The van der Waals surface area contributed by atoms with Crippen LogP contribution >= 0.6 is 0 Å². The molecule has 1 N–H and O–H groups in total. The fourth-order valence-electron chi connectivity index (χ4n) is 2.59. The van der Waals surface area contributed by atoms with Gasteiger partial charge < -0.3 is 15.0 Å². The summed E-state index contributed by atoms with van der Waals surface area (Å²) < 4.78 is 5.09. The van der Waals surface area contributed by atoms with Gasteiger partial charge in [0, 0.05) is 13.1 Å². The normalized spacial score (nSPS) is 23.0. The minimum absolute atomic E-state index is 0.119. The number of rotatable bonds is 2. The third kappa shape index (κ3) is 3.33. The van der Waals surface area contributed by atoms with E-state index in [9.17, 15) is 4.79 Å². The van der Waals surface area contributed by atoms with Crippen molar-refractivity contribution >= 4 is 11.7 Å². The van der Waals surface area contributed by atoms with Gasteiger partial charge in [-0.2, -0.15) is 4.98 Å². The van der Waals surface area contributed by atoms with Crippen molar-refractivity contribution in [3.8, 4) is 5.88 Å². The van der Waals surface area contributed by atoms with Crippen molar-refractivity contribution < 1.29 is 9.53 Å². The molecule has 1 fully saturated rings. The second-order valence-corrected chi connectivity index (χ2v) is 5.23.